The molecule has 0 aliphatic heterocycles. The van der Waals surface area contributed by atoms with Gasteiger partial charge >= 0.3 is 5.97 Å². The van der Waals surface area contributed by atoms with Crippen LogP contribution in [0.15, 0.2) is 52.4 Å². The molecule has 1 aromatic carbocycles. The fourth-order valence-corrected chi connectivity index (χ4v) is 2.93. The molecule has 0 amide bonds. The zero-order chi connectivity index (χ0) is 16.9. The van der Waals surface area contributed by atoms with Gasteiger partial charge in [0.1, 0.15) is 5.75 Å². The van der Waals surface area contributed by atoms with E-state index in [1.54, 1.807) is 17.6 Å². The summed E-state index contributed by atoms with van der Waals surface area (Å²) in [6, 6.07) is 11.2. The van der Waals surface area contributed by atoms with E-state index in [1.807, 2.05) is 30.3 Å². The van der Waals surface area contributed by atoms with Crippen LogP contribution in [0.4, 0.5) is 10.9 Å². The maximum Gasteiger partial charge on any atom is 0.309 e. The van der Waals surface area contributed by atoms with E-state index in [4.69, 9.17) is 9.84 Å². The van der Waals surface area contributed by atoms with Gasteiger partial charge in [-0.1, -0.05) is 18.2 Å². The Balaban J connectivity index is 1.82. The van der Waals surface area contributed by atoms with Crippen molar-refractivity contribution in [1.82, 2.24) is 9.97 Å². The standard InChI is InChI=1S/C16H12BrN3O3S/c17-10-6-13(23-12-4-2-1-3-5-12)15(18-8-10)20-16-19-11(9-24-16)7-14(21)22/h1-6,8-9H,7H2,(H,21,22)(H,18,19,20). The van der Waals surface area contributed by atoms with E-state index in [2.05, 4.69) is 31.2 Å². The molecule has 0 unspecified atom stereocenters. The summed E-state index contributed by atoms with van der Waals surface area (Å²) in [6.45, 7) is 0. The Kier molecular flexibility index (Phi) is 5.07. The normalized spacial score (nSPS) is 10.4. The molecule has 0 fully saturated rings. The van der Waals surface area contributed by atoms with Gasteiger partial charge in [-0.15, -0.1) is 11.3 Å². The molecule has 122 valence electrons. The van der Waals surface area contributed by atoms with Crippen LogP contribution in [0.3, 0.4) is 0 Å². The number of hydrogen-bond acceptors (Lipinski definition) is 6. The van der Waals surface area contributed by atoms with Crippen molar-refractivity contribution in [3.05, 3.63) is 58.1 Å². The summed E-state index contributed by atoms with van der Waals surface area (Å²) in [5.74, 6) is 0.803. The second kappa shape index (κ2) is 7.41. The van der Waals surface area contributed by atoms with Gasteiger partial charge in [-0.3, -0.25) is 4.79 Å². The topological polar surface area (TPSA) is 84.3 Å². The van der Waals surface area contributed by atoms with Crippen molar-refractivity contribution in [2.24, 2.45) is 0 Å². The Morgan fingerprint density at radius 3 is 2.88 bits per heavy atom. The summed E-state index contributed by atoms with van der Waals surface area (Å²) >= 11 is 4.69. The number of hydrogen-bond donors (Lipinski definition) is 2. The van der Waals surface area contributed by atoms with E-state index in [0.29, 0.717) is 28.1 Å². The highest BCUT2D eigenvalue weighted by Crippen LogP contribution is 2.33. The number of carboxylic acids is 1. The smallest absolute Gasteiger partial charge is 0.309 e. The van der Waals surface area contributed by atoms with Gasteiger partial charge in [0.2, 0.25) is 0 Å². The Morgan fingerprint density at radius 2 is 2.12 bits per heavy atom. The van der Waals surface area contributed by atoms with Crippen molar-refractivity contribution in [1.29, 1.82) is 0 Å². The molecule has 0 spiro atoms. The van der Waals surface area contributed by atoms with Crippen LogP contribution in [-0.4, -0.2) is 21.0 Å². The quantitative estimate of drug-likeness (QED) is 0.629. The van der Waals surface area contributed by atoms with E-state index in [9.17, 15) is 4.79 Å². The fourth-order valence-electron chi connectivity index (χ4n) is 1.91. The van der Waals surface area contributed by atoms with Crippen LogP contribution in [-0.2, 0) is 11.2 Å². The molecule has 0 aliphatic carbocycles. The van der Waals surface area contributed by atoms with Crippen LogP contribution in [0.25, 0.3) is 0 Å². The van der Waals surface area contributed by atoms with E-state index >= 15 is 0 Å². The Labute approximate surface area is 150 Å². The predicted molar refractivity (Wildman–Crippen MR) is 95.2 cm³/mol. The van der Waals surface area contributed by atoms with Gasteiger partial charge in [-0.05, 0) is 28.1 Å². The molecule has 0 atom stereocenters. The van der Waals surface area contributed by atoms with Crippen LogP contribution < -0.4 is 10.1 Å². The maximum absolute atomic E-state index is 10.7. The van der Waals surface area contributed by atoms with Crippen LogP contribution in [0.1, 0.15) is 5.69 Å². The lowest BCUT2D eigenvalue weighted by molar-refractivity contribution is -0.136. The predicted octanol–water partition coefficient (Wildman–Crippen LogP) is 4.46. The fraction of sp³-hybridized carbons (Fsp3) is 0.0625. The largest absolute Gasteiger partial charge is 0.481 e. The minimum Gasteiger partial charge on any atom is -0.481 e. The molecule has 3 rings (SSSR count). The van der Waals surface area contributed by atoms with Gasteiger partial charge in [0, 0.05) is 22.1 Å². The molecular formula is C16H12BrN3O3S. The van der Waals surface area contributed by atoms with Crippen LogP contribution in [0, 0.1) is 0 Å². The number of aromatic nitrogens is 2. The molecule has 0 aliphatic rings. The highest BCUT2D eigenvalue weighted by molar-refractivity contribution is 9.10. The number of pyridine rings is 1. The summed E-state index contributed by atoms with van der Waals surface area (Å²) in [7, 11) is 0. The second-order valence-electron chi connectivity index (χ2n) is 4.75. The van der Waals surface area contributed by atoms with Crippen LogP contribution in [0.5, 0.6) is 11.5 Å². The number of para-hydroxylation sites is 1. The van der Waals surface area contributed by atoms with Crippen molar-refractivity contribution >= 4 is 44.2 Å². The Bertz CT molecular complexity index is 855. The summed E-state index contributed by atoms with van der Waals surface area (Å²) < 4.78 is 6.64. The van der Waals surface area contributed by atoms with Gasteiger partial charge < -0.3 is 15.2 Å². The molecular weight excluding hydrogens is 394 g/mol. The number of thiazole rings is 1. The number of carboxylic acid groups (broad SMARTS) is 1. The third-order valence-electron chi connectivity index (χ3n) is 2.90. The van der Waals surface area contributed by atoms with Gasteiger partial charge in [0.25, 0.3) is 0 Å². The number of benzene rings is 1. The lowest BCUT2D eigenvalue weighted by Gasteiger charge is -2.11. The van der Waals surface area contributed by atoms with Crippen LogP contribution in [0.2, 0.25) is 0 Å². The van der Waals surface area contributed by atoms with Gasteiger partial charge in [0.15, 0.2) is 16.7 Å². The molecule has 0 radical (unpaired) electrons. The summed E-state index contributed by atoms with van der Waals surface area (Å²) in [5.41, 5.74) is 0.498. The van der Waals surface area contributed by atoms with E-state index in [0.717, 1.165) is 4.47 Å². The Hall–Kier alpha value is -2.45. The first-order chi connectivity index (χ1) is 11.6. The zero-order valence-corrected chi connectivity index (χ0v) is 14.7. The highest BCUT2D eigenvalue weighted by Gasteiger charge is 2.11. The number of anilines is 2. The number of aliphatic carboxylic acids is 1. The minimum absolute atomic E-state index is 0.112. The summed E-state index contributed by atoms with van der Waals surface area (Å²) in [4.78, 5) is 19.3. The zero-order valence-electron chi connectivity index (χ0n) is 12.3. The average Bonchev–Trinajstić information content (AvgIpc) is 2.97. The number of nitrogens with one attached hydrogen (secondary N) is 1. The first-order valence-electron chi connectivity index (χ1n) is 6.92. The number of carbonyl (C=O) groups is 1. The third-order valence-corrected chi connectivity index (χ3v) is 4.14. The Morgan fingerprint density at radius 1 is 1.33 bits per heavy atom. The van der Waals surface area contributed by atoms with E-state index in [1.165, 1.54) is 11.3 Å². The summed E-state index contributed by atoms with van der Waals surface area (Å²) in [6.07, 6.45) is 1.53. The number of ether oxygens (including phenoxy) is 1. The first kappa shape index (κ1) is 16.4. The molecule has 24 heavy (non-hydrogen) atoms. The second-order valence-corrected chi connectivity index (χ2v) is 6.53. The van der Waals surface area contributed by atoms with Gasteiger partial charge in [-0.2, -0.15) is 0 Å². The minimum atomic E-state index is -0.915. The lowest BCUT2D eigenvalue weighted by Crippen LogP contribution is -2.01. The van der Waals surface area contributed by atoms with Crippen molar-refractivity contribution in [2.75, 3.05) is 5.32 Å². The van der Waals surface area contributed by atoms with Crippen molar-refractivity contribution in [3.8, 4) is 11.5 Å². The molecule has 0 bridgehead atoms. The van der Waals surface area contributed by atoms with E-state index < -0.39 is 5.97 Å². The monoisotopic (exact) mass is 405 g/mol. The maximum atomic E-state index is 10.7. The van der Waals surface area contributed by atoms with Crippen molar-refractivity contribution in [3.63, 3.8) is 0 Å². The van der Waals surface area contributed by atoms with Crippen molar-refractivity contribution in [2.45, 2.75) is 6.42 Å². The molecule has 2 heterocycles. The summed E-state index contributed by atoms with van der Waals surface area (Å²) in [5, 5.41) is 14.1. The van der Waals surface area contributed by atoms with Gasteiger partial charge in [-0.25, -0.2) is 9.97 Å². The number of nitrogens with zero attached hydrogens (tertiary/aromatic N) is 2. The molecule has 0 saturated carbocycles. The lowest BCUT2D eigenvalue weighted by atomic mass is 10.3. The molecule has 8 heteroatoms. The highest BCUT2D eigenvalue weighted by atomic mass is 79.9. The molecule has 2 aromatic heterocycles. The third kappa shape index (κ3) is 4.30. The number of rotatable bonds is 6. The average molecular weight is 406 g/mol. The van der Waals surface area contributed by atoms with E-state index in [-0.39, 0.29) is 6.42 Å². The molecule has 0 saturated heterocycles. The molecule has 6 nitrogen and oxygen atoms in total. The first-order valence-corrected chi connectivity index (χ1v) is 8.59. The SMILES string of the molecule is O=C(O)Cc1csc(Nc2ncc(Br)cc2Oc2ccccc2)n1. The molecule has 3 aromatic rings. The van der Waals surface area contributed by atoms with Crippen LogP contribution >= 0.6 is 27.3 Å². The van der Waals surface area contributed by atoms with Gasteiger partial charge in [0.05, 0.1) is 12.1 Å². The number of halogens is 1. The molecule has 2 N–H and O–H groups in total. The van der Waals surface area contributed by atoms with Crippen molar-refractivity contribution < 1.29 is 14.6 Å².